The highest BCUT2D eigenvalue weighted by Gasteiger charge is 2.09. The molecule has 110 valence electrons. The smallest absolute Gasteiger partial charge is 0.125 e. The second kappa shape index (κ2) is 7.39. The van der Waals surface area contributed by atoms with E-state index in [0.29, 0.717) is 0 Å². The third-order valence-corrected chi connectivity index (χ3v) is 3.52. The molecule has 1 aromatic carbocycles. The average Bonchev–Trinajstić information content (AvgIpc) is 2.83. The lowest BCUT2D eigenvalue weighted by Crippen LogP contribution is -2.26. The first-order valence-electron chi connectivity index (χ1n) is 7.59. The number of H-pyrrole nitrogens is 1. The van der Waals surface area contributed by atoms with E-state index in [9.17, 15) is 4.39 Å². The monoisotopic (exact) mass is 277 g/mol. The van der Waals surface area contributed by atoms with Gasteiger partial charge in [-0.2, -0.15) is 0 Å². The first-order chi connectivity index (χ1) is 9.72. The summed E-state index contributed by atoms with van der Waals surface area (Å²) in [6.07, 6.45) is 4.82. The van der Waals surface area contributed by atoms with E-state index in [4.69, 9.17) is 0 Å². The van der Waals surface area contributed by atoms with E-state index >= 15 is 0 Å². The number of nitrogens with one attached hydrogen (secondary N) is 1. The van der Waals surface area contributed by atoms with Crippen LogP contribution in [0.25, 0.3) is 11.0 Å². The highest BCUT2D eigenvalue weighted by Crippen LogP contribution is 2.14. The van der Waals surface area contributed by atoms with Gasteiger partial charge in [-0.3, -0.25) is 4.90 Å². The molecule has 0 aliphatic rings. The molecular weight excluding hydrogens is 253 g/mol. The molecule has 0 saturated carbocycles. The van der Waals surface area contributed by atoms with Gasteiger partial charge in [0.1, 0.15) is 11.6 Å². The average molecular weight is 277 g/mol. The van der Waals surface area contributed by atoms with Crippen LogP contribution in [0.15, 0.2) is 18.2 Å². The molecule has 0 amide bonds. The summed E-state index contributed by atoms with van der Waals surface area (Å²) in [5.74, 6) is 0.708. The maximum Gasteiger partial charge on any atom is 0.125 e. The summed E-state index contributed by atoms with van der Waals surface area (Å²) in [7, 11) is 0. The molecule has 4 heteroatoms. The van der Waals surface area contributed by atoms with Crippen LogP contribution >= 0.6 is 0 Å². The normalized spacial score (nSPS) is 11.6. The molecule has 0 atom stereocenters. The van der Waals surface area contributed by atoms with Crippen LogP contribution in [0.1, 0.15) is 45.4 Å². The Morgan fingerprint density at radius 2 is 1.85 bits per heavy atom. The number of imidazole rings is 1. The van der Waals surface area contributed by atoms with Crippen LogP contribution in [0.3, 0.4) is 0 Å². The summed E-state index contributed by atoms with van der Waals surface area (Å²) in [4.78, 5) is 10.2. The Balaban J connectivity index is 2.06. The second-order valence-corrected chi connectivity index (χ2v) is 5.33. The summed E-state index contributed by atoms with van der Waals surface area (Å²) < 4.78 is 13.2. The molecular formula is C16H24FN3. The number of fused-ring (bicyclic) bond motifs is 1. The van der Waals surface area contributed by atoms with Crippen molar-refractivity contribution in [3.8, 4) is 0 Å². The number of aromatic amines is 1. The van der Waals surface area contributed by atoms with Gasteiger partial charge in [-0.1, -0.05) is 26.7 Å². The van der Waals surface area contributed by atoms with Crippen molar-refractivity contribution in [3.05, 3.63) is 29.8 Å². The summed E-state index contributed by atoms with van der Waals surface area (Å²) in [6, 6.07) is 4.69. The molecule has 0 aliphatic carbocycles. The lowest BCUT2D eigenvalue weighted by molar-refractivity contribution is 0.252. The van der Waals surface area contributed by atoms with Crippen LogP contribution < -0.4 is 0 Å². The van der Waals surface area contributed by atoms with Gasteiger partial charge in [-0.05, 0) is 44.1 Å². The number of hydrogen-bond acceptors (Lipinski definition) is 2. The predicted molar refractivity (Wildman–Crippen MR) is 81.1 cm³/mol. The molecule has 1 N–H and O–H groups in total. The summed E-state index contributed by atoms with van der Waals surface area (Å²) in [6.45, 7) is 7.43. The Labute approximate surface area is 120 Å². The van der Waals surface area contributed by atoms with E-state index in [1.54, 1.807) is 6.07 Å². The van der Waals surface area contributed by atoms with Crippen molar-refractivity contribution in [2.24, 2.45) is 0 Å². The van der Waals surface area contributed by atoms with Crippen molar-refractivity contribution in [2.45, 2.75) is 46.1 Å². The third-order valence-electron chi connectivity index (χ3n) is 3.52. The van der Waals surface area contributed by atoms with Gasteiger partial charge in [-0.15, -0.1) is 0 Å². The molecule has 2 rings (SSSR count). The predicted octanol–water partition coefficient (Wildman–Crippen LogP) is 4.10. The quantitative estimate of drug-likeness (QED) is 0.787. The van der Waals surface area contributed by atoms with Crippen molar-refractivity contribution >= 4 is 11.0 Å². The highest BCUT2D eigenvalue weighted by molar-refractivity contribution is 5.74. The summed E-state index contributed by atoms with van der Waals surface area (Å²) in [5.41, 5.74) is 1.62. The number of nitrogens with zero attached hydrogens (tertiary/aromatic N) is 2. The zero-order chi connectivity index (χ0) is 14.4. The molecule has 0 radical (unpaired) electrons. The van der Waals surface area contributed by atoms with Gasteiger partial charge in [0.15, 0.2) is 0 Å². The fourth-order valence-electron chi connectivity index (χ4n) is 2.35. The maximum atomic E-state index is 13.2. The van der Waals surface area contributed by atoms with E-state index in [-0.39, 0.29) is 5.82 Å². The van der Waals surface area contributed by atoms with Crippen molar-refractivity contribution in [1.82, 2.24) is 14.9 Å². The summed E-state index contributed by atoms with van der Waals surface area (Å²) in [5, 5.41) is 0. The van der Waals surface area contributed by atoms with Crippen molar-refractivity contribution in [3.63, 3.8) is 0 Å². The van der Waals surface area contributed by atoms with Crippen molar-refractivity contribution < 1.29 is 4.39 Å². The standard InChI is InChI=1S/C16H24FN3/c1-3-5-9-20(10-6-4-2)12-16-18-14-8-7-13(17)11-15(14)19-16/h7-8,11H,3-6,9-10,12H2,1-2H3,(H,18,19). The van der Waals surface area contributed by atoms with Crippen LogP contribution in [0, 0.1) is 5.82 Å². The first-order valence-corrected chi connectivity index (χ1v) is 7.59. The number of rotatable bonds is 8. The SMILES string of the molecule is CCCCN(CCCC)Cc1nc2ccc(F)cc2[nH]1. The molecule has 0 spiro atoms. The van der Waals surface area contributed by atoms with Crippen LogP contribution in [0.4, 0.5) is 4.39 Å². The molecule has 0 unspecified atom stereocenters. The molecule has 0 saturated heterocycles. The van der Waals surface area contributed by atoms with Gasteiger partial charge >= 0.3 is 0 Å². The minimum atomic E-state index is -0.221. The lowest BCUT2D eigenvalue weighted by Gasteiger charge is -2.20. The second-order valence-electron chi connectivity index (χ2n) is 5.33. The molecule has 1 heterocycles. The van der Waals surface area contributed by atoms with Crippen LogP contribution in [0.2, 0.25) is 0 Å². The van der Waals surface area contributed by atoms with E-state index in [1.165, 1.54) is 37.8 Å². The van der Waals surface area contributed by atoms with Gasteiger partial charge in [0.05, 0.1) is 17.6 Å². The molecule has 3 nitrogen and oxygen atoms in total. The maximum absolute atomic E-state index is 13.2. The topological polar surface area (TPSA) is 31.9 Å². The molecule has 20 heavy (non-hydrogen) atoms. The van der Waals surface area contributed by atoms with Crippen LogP contribution in [0.5, 0.6) is 0 Å². The van der Waals surface area contributed by atoms with Gasteiger partial charge in [0, 0.05) is 0 Å². The van der Waals surface area contributed by atoms with E-state index in [2.05, 4.69) is 28.7 Å². The zero-order valence-corrected chi connectivity index (χ0v) is 12.5. The Morgan fingerprint density at radius 1 is 1.15 bits per heavy atom. The number of halogens is 1. The van der Waals surface area contributed by atoms with Gasteiger partial charge in [0.2, 0.25) is 0 Å². The Morgan fingerprint density at radius 3 is 2.50 bits per heavy atom. The number of unbranched alkanes of at least 4 members (excludes halogenated alkanes) is 2. The third kappa shape index (κ3) is 4.04. The van der Waals surface area contributed by atoms with Crippen LogP contribution in [-0.2, 0) is 6.54 Å². The van der Waals surface area contributed by atoms with E-state index in [1.807, 2.05) is 0 Å². The van der Waals surface area contributed by atoms with Gasteiger partial charge in [-0.25, -0.2) is 9.37 Å². The summed E-state index contributed by atoms with van der Waals surface area (Å²) >= 11 is 0. The van der Waals surface area contributed by atoms with Gasteiger partial charge in [0.25, 0.3) is 0 Å². The molecule has 2 aromatic rings. The molecule has 1 aromatic heterocycles. The molecule has 0 fully saturated rings. The van der Waals surface area contributed by atoms with E-state index < -0.39 is 0 Å². The number of aromatic nitrogens is 2. The minimum absolute atomic E-state index is 0.221. The number of hydrogen-bond donors (Lipinski definition) is 1. The Bertz CT molecular complexity index is 528. The van der Waals surface area contributed by atoms with E-state index in [0.717, 1.165) is 36.5 Å². The Hall–Kier alpha value is -1.42. The Kier molecular flexibility index (Phi) is 5.53. The largest absolute Gasteiger partial charge is 0.341 e. The fraction of sp³-hybridized carbons (Fsp3) is 0.562. The highest BCUT2D eigenvalue weighted by atomic mass is 19.1. The molecule has 0 bridgehead atoms. The molecule has 0 aliphatic heterocycles. The van der Waals surface area contributed by atoms with Crippen LogP contribution in [-0.4, -0.2) is 28.0 Å². The van der Waals surface area contributed by atoms with Crippen molar-refractivity contribution in [2.75, 3.05) is 13.1 Å². The lowest BCUT2D eigenvalue weighted by atomic mass is 10.2. The zero-order valence-electron chi connectivity index (χ0n) is 12.5. The minimum Gasteiger partial charge on any atom is -0.341 e. The number of benzene rings is 1. The fourth-order valence-corrected chi connectivity index (χ4v) is 2.35. The van der Waals surface area contributed by atoms with Gasteiger partial charge < -0.3 is 4.98 Å². The first kappa shape index (κ1) is 15.0. The van der Waals surface area contributed by atoms with Crippen molar-refractivity contribution in [1.29, 1.82) is 0 Å².